The third kappa shape index (κ3) is 3.58. The van der Waals surface area contributed by atoms with Crippen molar-refractivity contribution in [2.75, 3.05) is 6.61 Å². The van der Waals surface area contributed by atoms with Crippen LogP contribution in [0.2, 0.25) is 0 Å². The van der Waals surface area contributed by atoms with E-state index in [2.05, 4.69) is 20.4 Å². The molecule has 0 fully saturated rings. The molecule has 0 aliphatic rings. The Hall–Kier alpha value is -3.65. The zero-order valence-electron chi connectivity index (χ0n) is 14.5. The lowest BCUT2D eigenvalue weighted by atomic mass is 10.2. The second-order valence-electron chi connectivity index (χ2n) is 6.06. The number of nitrogens with one attached hydrogen (secondary N) is 1. The number of carbonyl (C=O) groups is 1. The van der Waals surface area contributed by atoms with Crippen LogP contribution in [0.4, 0.5) is 4.39 Å². The quantitative estimate of drug-likeness (QED) is 0.554. The van der Waals surface area contributed by atoms with Crippen molar-refractivity contribution in [1.82, 2.24) is 20.4 Å². The number of nitrogens with zero attached hydrogens (tertiary/aromatic N) is 3. The molecule has 8 heteroatoms. The summed E-state index contributed by atoms with van der Waals surface area (Å²) in [6, 6.07) is 15.4. The Bertz CT molecular complexity index is 1130. The molecule has 0 aliphatic heterocycles. The first-order chi connectivity index (χ1) is 13.6. The molecule has 4 aromatic rings. The molecule has 0 radical (unpaired) electrons. The van der Waals surface area contributed by atoms with E-state index >= 15 is 0 Å². The summed E-state index contributed by atoms with van der Waals surface area (Å²) in [6.07, 6.45) is 0. The molecule has 2 heterocycles. The molecule has 0 spiro atoms. The van der Waals surface area contributed by atoms with Crippen molar-refractivity contribution in [2.45, 2.75) is 6.04 Å². The number of fused-ring (bicyclic) bond motifs is 1. The number of amides is 1. The van der Waals surface area contributed by atoms with Gasteiger partial charge < -0.3 is 14.9 Å². The molecule has 2 N–H and O–H groups in total. The Morgan fingerprint density at radius 2 is 1.86 bits per heavy atom. The number of aliphatic hydroxyl groups is 1. The van der Waals surface area contributed by atoms with Gasteiger partial charge in [0.05, 0.1) is 12.1 Å². The minimum Gasteiger partial charge on any atom is -0.394 e. The Labute approximate surface area is 158 Å². The number of aliphatic hydroxyl groups excluding tert-OH is 1. The molecule has 0 saturated heterocycles. The molecular weight excluding hydrogens is 363 g/mol. The molecule has 1 atom stereocenters. The number of benzene rings is 2. The second-order valence-corrected chi connectivity index (χ2v) is 6.06. The van der Waals surface area contributed by atoms with Gasteiger partial charge in [0.15, 0.2) is 0 Å². The van der Waals surface area contributed by atoms with Crippen molar-refractivity contribution >= 4 is 16.8 Å². The first kappa shape index (κ1) is 17.7. The zero-order chi connectivity index (χ0) is 19.5. The highest BCUT2D eigenvalue weighted by molar-refractivity contribution is 5.94. The predicted octanol–water partition coefficient (Wildman–Crippen LogP) is 2.89. The van der Waals surface area contributed by atoms with E-state index in [1.165, 1.54) is 24.3 Å². The van der Waals surface area contributed by atoms with E-state index in [-0.39, 0.29) is 17.3 Å². The molecular formula is C20H15FN4O3. The third-order valence-electron chi connectivity index (χ3n) is 4.16. The van der Waals surface area contributed by atoms with E-state index in [0.29, 0.717) is 5.69 Å². The first-order valence-corrected chi connectivity index (χ1v) is 8.51. The summed E-state index contributed by atoms with van der Waals surface area (Å²) in [4.78, 5) is 21.0. The van der Waals surface area contributed by atoms with E-state index < -0.39 is 24.4 Å². The van der Waals surface area contributed by atoms with Crippen LogP contribution in [0.1, 0.15) is 22.3 Å². The van der Waals surface area contributed by atoms with Gasteiger partial charge in [-0.15, -0.1) is 0 Å². The van der Waals surface area contributed by atoms with Crippen LogP contribution in [-0.4, -0.2) is 32.7 Å². The predicted molar refractivity (Wildman–Crippen MR) is 98.7 cm³/mol. The van der Waals surface area contributed by atoms with E-state index in [9.17, 15) is 14.3 Å². The second kappa shape index (κ2) is 7.53. The highest BCUT2D eigenvalue weighted by atomic mass is 19.1. The topological polar surface area (TPSA) is 101 Å². The van der Waals surface area contributed by atoms with Gasteiger partial charge >= 0.3 is 0 Å². The first-order valence-electron chi connectivity index (χ1n) is 8.51. The molecule has 0 unspecified atom stereocenters. The number of hydrogen-bond acceptors (Lipinski definition) is 6. The molecule has 2 aromatic heterocycles. The summed E-state index contributed by atoms with van der Waals surface area (Å²) >= 11 is 0. The van der Waals surface area contributed by atoms with Crippen molar-refractivity contribution in [1.29, 1.82) is 0 Å². The van der Waals surface area contributed by atoms with Crippen LogP contribution in [0.25, 0.3) is 22.4 Å². The van der Waals surface area contributed by atoms with Gasteiger partial charge in [-0.3, -0.25) is 4.79 Å². The lowest BCUT2D eigenvalue weighted by molar-refractivity contribution is 0.0901. The van der Waals surface area contributed by atoms with E-state index in [4.69, 9.17) is 4.52 Å². The van der Waals surface area contributed by atoms with Crippen LogP contribution in [0.5, 0.6) is 0 Å². The van der Waals surface area contributed by atoms with E-state index in [1.807, 2.05) is 30.3 Å². The maximum atomic E-state index is 13.0. The Kier molecular flexibility index (Phi) is 4.77. The SMILES string of the molecule is O=C(N[C@@H](CO)c1nc(-c2ccc3ccccc3n2)no1)c1ccc(F)cc1. The fraction of sp³-hybridized carbons (Fsp3) is 0.100. The lowest BCUT2D eigenvalue weighted by Gasteiger charge is -2.12. The summed E-state index contributed by atoms with van der Waals surface area (Å²) in [6.45, 7) is -0.445. The minimum absolute atomic E-state index is 0.0444. The molecule has 7 nitrogen and oxygen atoms in total. The van der Waals surface area contributed by atoms with Crippen LogP contribution in [0.3, 0.4) is 0 Å². The number of hydrogen-bond donors (Lipinski definition) is 2. The molecule has 0 saturated carbocycles. The van der Waals surface area contributed by atoms with Crippen LogP contribution >= 0.6 is 0 Å². The molecule has 140 valence electrons. The number of halogens is 1. The van der Waals surface area contributed by atoms with Crippen molar-refractivity contribution in [3.05, 3.63) is 77.9 Å². The van der Waals surface area contributed by atoms with E-state index in [0.717, 1.165) is 10.9 Å². The smallest absolute Gasteiger partial charge is 0.251 e. The van der Waals surface area contributed by atoms with Crippen molar-refractivity contribution in [3.63, 3.8) is 0 Å². The van der Waals surface area contributed by atoms with Gasteiger partial charge in [0.25, 0.3) is 11.8 Å². The van der Waals surface area contributed by atoms with Crippen LogP contribution in [0, 0.1) is 5.82 Å². The third-order valence-corrected chi connectivity index (χ3v) is 4.16. The van der Waals surface area contributed by atoms with Gasteiger partial charge in [-0.25, -0.2) is 9.37 Å². The largest absolute Gasteiger partial charge is 0.394 e. The Morgan fingerprint density at radius 3 is 2.64 bits per heavy atom. The average Bonchev–Trinajstić information content (AvgIpc) is 3.22. The number of rotatable bonds is 5. The number of carbonyl (C=O) groups excluding carboxylic acids is 1. The number of para-hydroxylation sites is 1. The summed E-state index contributed by atoms with van der Waals surface area (Å²) in [7, 11) is 0. The van der Waals surface area contributed by atoms with Crippen molar-refractivity contribution < 1.29 is 18.8 Å². The normalized spacial score (nSPS) is 12.1. The van der Waals surface area contributed by atoms with Gasteiger partial charge in [0.2, 0.25) is 5.82 Å². The summed E-state index contributed by atoms with van der Waals surface area (Å²) in [5.41, 5.74) is 1.54. The maximum absolute atomic E-state index is 13.0. The summed E-state index contributed by atoms with van der Waals surface area (Å²) < 4.78 is 18.2. The van der Waals surface area contributed by atoms with Crippen LogP contribution < -0.4 is 5.32 Å². The van der Waals surface area contributed by atoms with E-state index in [1.54, 1.807) is 6.07 Å². The van der Waals surface area contributed by atoms with Crippen molar-refractivity contribution in [3.8, 4) is 11.5 Å². The van der Waals surface area contributed by atoms with Gasteiger partial charge in [-0.1, -0.05) is 29.4 Å². The summed E-state index contributed by atoms with van der Waals surface area (Å²) in [5, 5.41) is 17.1. The number of pyridine rings is 1. The van der Waals surface area contributed by atoms with Gasteiger partial charge in [-0.05, 0) is 36.4 Å². The maximum Gasteiger partial charge on any atom is 0.251 e. The zero-order valence-corrected chi connectivity index (χ0v) is 14.5. The molecule has 0 aliphatic carbocycles. The van der Waals surface area contributed by atoms with Crippen LogP contribution in [0.15, 0.2) is 65.2 Å². The molecule has 28 heavy (non-hydrogen) atoms. The monoisotopic (exact) mass is 378 g/mol. The molecule has 2 aromatic carbocycles. The van der Waals surface area contributed by atoms with Gasteiger partial charge in [0.1, 0.15) is 17.6 Å². The fourth-order valence-corrected chi connectivity index (χ4v) is 2.70. The lowest BCUT2D eigenvalue weighted by Crippen LogP contribution is -2.31. The Morgan fingerprint density at radius 1 is 1.07 bits per heavy atom. The molecule has 0 bridgehead atoms. The number of aromatic nitrogens is 3. The van der Waals surface area contributed by atoms with Gasteiger partial charge in [-0.2, -0.15) is 4.98 Å². The fourth-order valence-electron chi connectivity index (χ4n) is 2.70. The highest BCUT2D eigenvalue weighted by Crippen LogP contribution is 2.20. The summed E-state index contributed by atoms with van der Waals surface area (Å²) in [5.74, 6) is -0.652. The molecule has 4 rings (SSSR count). The minimum atomic E-state index is -0.903. The van der Waals surface area contributed by atoms with Crippen LogP contribution in [-0.2, 0) is 0 Å². The molecule has 1 amide bonds. The standard InChI is InChI=1S/C20H15FN4O3/c21-14-8-5-13(6-9-14)19(27)23-17(11-26)20-24-18(25-28-20)16-10-7-12-3-1-2-4-15(12)22-16/h1-10,17,26H,11H2,(H,23,27)/t17-/m0/s1. The van der Waals surface area contributed by atoms with Gasteiger partial charge in [0, 0.05) is 10.9 Å². The highest BCUT2D eigenvalue weighted by Gasteiger charge is 2.22. The Balaban J connectivity index is 1.55. The van der Waals surface area contributed by atoms with Crippen molar-refractivity contribution in [2.24, 2.45) is 0 Å². The average molecular weight is 378 g/mol.